The van der Waals surface area contributed by atoms with Crippen LogP contribution in [0.1, 0.15) is 6.92 Å². The molecule has 0 aliphatic rings. The van der Waals surface area contributed by atoms with Crippen LogP contribution in [0.3, 0.4) is 0 Å². The second-order valence-corrected chi connectivity index (χ2v) is 5.43. The highest BCUT2D eigenvalue weighted by atomic mass is 35.5. The summed E-state index contributed by atoms with van der Waals surface area (Å²) in [5.74, 6) is 0.893. The van der Waals surface area contributed by atoms with E-state index in [0.29, 0.717) is 23.0 Å². The summed E-state index contributed by atoms with van der Waals surface area (Å²) in [5, 5.41) is 0.0556. The molecule has 1 aromatic heterocycles. The van der Waals surface area contributed by atoms with E-state index in [2.05, 4.69) is 9.97 Å². The van der Waals surface area contributed by atoms with E-state index < -0.39 is 0 Å². The molecular weight excluding hydrogens is 345 g/mol. The fourth-order valence-electron chi connectivity index (χ4n) is 2.23. The number of nitrogens with zero attached hydrogens (tertiary/aromatic N) is 3. The SMILES string of the molecule is CC(=O)N(c1ccc(Oc2ccc(F)cc2)cc1)c1ccnc(Cl)n1. The van der Waals surface area contributed by atoms with E-state index in [1.807, 2.05) is 0 Å². The Morgan fingerprint density at radius 1 is 1.04 bits per heavy atom. The molecule has 0 saturated carbocycles. The molecule has 0 aliphatic heterocycles. The smallest absolute Gasteiger partial charge is 0.229 e. The Labute approximate surface area is 148 Å². The zero-order valence-electron chi connectivity index (χ0n) is 13.2. The molecule has 7 heteroatoms. The number of anilines is 2. The first-order valence-electron chi connectivity index (χ1n) is 7.35. The van der Waals surface area contributed by atoms with Gasteiger partial charge in [0.2, 0.25) is 11.2 Å². The second kappa shape index (κ2) is 7.27. The molecule has 0 radical (unpaired) electrons. The zero-order valence-corrected chi connectivity index (χ0v) is 13.9. The highest BCUT2D eigenvalue weighted by molar-refractivity contribution is 6.28. The van der Waals surface area contributed by atoms with Crippen LogP contribution in [0.15, 0.2) is 60.8 Å². The van der Waals surface area contributed by atoms with Crippen LogP contribution in [-0.2, 0) is 4.79 Å². The van der Waals surface area contributed by atoms with Crippen molar-refractivity contribution in [3.63, 3.8) is 0 Å². The molecule has 3 aromatic rings. The number of ether oxygens (including phenoxy) is 1. The summed E-state index contributed by atoms with van der Waals surface area (Å²) in [4.78, 5) is 21.3. The van der Waals surface area contributed by atoms with Crippen LogP contribution in [-0.4, -0.2) is 15.9 Å². The Balaban J connectivity index is 1.84. The van der Waals surface area contributed by atoms with Crippen molar-refractivity contribution in [2.75, 3.05) is 4.90 Å². The molecule has 0 spiro atoms. The zero-order chi connectivity index (χ0) is 17.8. The summed E-state index contributed by atoms with van der Waals surface area (Å²) in [6.45, 7) is 1.43. The Morgan fingerprint density at radius 2 is 1.64 bits per heavy atom. The van der Waals surface area contributed by atoms with Crippen LogP contribution in [0.4, 0.5) is 15.9 Å². The molecule has 0 aliphatic carbocycles. The minimum atomic E-state index is -0.330. The maximum atomic E-state index is 12.9. The fourth-order valence-corrected chi connectivity index (χ4v) is 2.37. The third-order valence-electron chi connectivity index (χ3n) is 3.30. The van der Waals surface area contributed by atoms with E-state index in [1.165, 1.54) is 42.3 Å². The van der Waals surface area contributed by atoms with Gasteiger partial charge in [-0.15, -0.1) is 0 Å². The van der Waals surface area contributed by atoms with Crippen molar-refractivity contribution < 1.29 is 13.9 Å². The van der Waals surface area contributed by atoms with Gasteiger partial charge in [-0.1, -0.05) is 0 Å². The van der Waals surface area contributed by atoms with Gasteiger partial charge in [-0.2, -0.15) is 4.98 Å². The van der Waals surface area contributed by atoms with Crippen LogP contribution in [0.2, 0.25) is 5.28 Å². The van der Waals surface area contributed by atoms with Gasteiger partial charge in [0.05, 0.1) is 5.69 Å². The van der Waals surface area contributed by atoms with Crippen molar-refractivity contribution in [1.82, 2.24) is 9.97 Å². The fraction of sp³-hybridized carbons (Fsp3) is 0.0556. The maximum Gasteiger partial charge on any atom is 0.229 e. The van der Waals surface area contributed by atoms with Gasteiger partial charge in [0, 0.05) is 13.1 Å². The lowest BCUT2D eigenvalue weighted by Crippen LogP contribution is -2.23. The number of aromatic nitrogens is 2. The molecule has 0 N–H and O–H groups in total. The number of carbonyl (C=O) groups is 1. The molecule has 0 atom stereocenters. The van der Waals surface area contributed by atoms with E-state index >= 15 is 0 Å². The normalized spacial score (nSPS) is 10.4. The predicted molar refractivity (Wildman–Crippen MR) is 92.8 cm³/mol. The summed E-state index contributed by atoms with van der Waals surface area (Å²) >= 11 is 5.80. The first-order valence-corrected chi connectivity index (χ1v) is 7.73. The van der Waals surface area contributed by atoms with Gasteiger partial charge < -0.3 is 4.74 Å². The second-order valence-electron chi connectivity index (χ2n) is 5.09. The van der Waals surface area contributed by atoms with Gasteiger partial charge in [0.1, 0.15) is 23.1 Å². The van der Waals surface area contributed by atoms with Crippen LogP contribution in [0.25, 0.3) is 0 Å². The lowest BCUT2D eigenvalue weighted by molar-refractivity contribution is -0.115. The van der Waals surface area contributed by atoms with Crippen molar-refractivity contribution in [2.45, 2.75) is 6.92 Å². The molecule has 1 amide bonds. The molecule has 0 bridgehead atoms. The summed E-state index contributed by atoms with van der Waals surface area (Å²) in [6, 6.07) is 14.2. The number of hydrogen-bond acceptors (Lipinski definition) is 4. The summed E-state index contributed by atoms with van der Waals surface area (Å²) in [6.07, 6.45) is 1.48. The molecule has 126 valence electrons. The monoisotopic (exact) mass is 357 g/mol. The maximum absolute atomic E-state index is 12.9. The van der Waals surface area contributed by atoms with E-state index in [0.717, 1.165) is 0 Å². The number of halogens is 2. The molecule has 1 heterocycles. The van der Waals surface area contributed by atoms with E-state index in [4.69, 9.17) is 16.3 Å². The van der Waals surface area contributed by atoms with Gasteiger partial charge in [0.15, 0.2) is 0 Å². The van der Waals surface area contributed by atoms with Gasteiger partial charge >= 0.3 is 0 Å². The van der Waals surface area contributed by atoms with Crippen LogP contribution >= 0.6 is 11.6 Å². The van der Waals surface area contributed by atoms with Crippen molar-refractivity contribution in [2.24, 2.45) is 0 Å². The van der Waals surface area contributed by atoms with E-state index in [1.54, 1.807) is 30.3 Å². The van der Waals surface area contributed by atoms with Crippen LogP contribution in [0.5, 0.6) is 11.5 Å². The Morgan fingerprint density at radius 3 is 2.20 bits per heavy atom. The molecular formula is C18H13ClFN3O2. The number of hydrogen-bond donors (Lipinski definition) is 0. The molecule has 3 rings (SSSR count). The quantitative estimate of drug-likeness (QED) is 0.632. The topological polar surface area (TPSA) is 55.3 Å². The van der Waals surface area contributed by atoms with E-state index in [9.17, 15) is 9.18 Å². The van der Waals surface area contributed by atoms with Crippen molar-refractivity contribution >= 4 is 29.0 Å². The van der Waals surface area contributed by atoms with Crippen molar-refractivity contribution in [3.05, 3.63) is 71.9 Å². The number of rotatable bonds is 4. The molecule has 0 fully saturated rings. The number of amides is 1. The van der Waals surface area contributed by atoms with Crippen LogP contribution in [0, 0.1) is 5.82 Å². The average molecular weight is 358 g/mol. The first kappa shape index (κ1) is 16.9. The Bertz CT molecular complexity index is 886. The highest BCUT2D eigenvalue weighted by Crippen LogP contribution is 2.28. The largest absolute Gasteiger partial charge is 0.457 e. The predicted octanol–water partition coefficient (Wildman–Crippen LogP) is 4.75. The highest BCUT2D eigenvalue weighted by Gasteiger charge is 2.16. The van der Waals surface area contributed by atoms with Crippen molar-refractivity contribution in [1.29, 1.82) is 0 Å². The van der Waals surface area contributed by atoms with E-state index in [-0.39, 0.29) is 17.0 Å². The molecule has 5 nitrogen and oxygen atoms in total. The lowest BCUT2D eigenvalue weighted by Gasteiger charge is -2.20. The summed E-state index contributed by atoms with van der Waals surface area (Å²) in [5.41, 5.74) is 0.605. The van der Waals surface area contributed by atoms with Gasteiger partial charge in [-0.25, -0.2) is 9.37 Å². The Kier molecular flexibility index (Phi) is 4.90. The third kappa shape index (κ3) is 4.10. The minimum Gasteiger partial charge on any atom is -0.457 e. The standard InChI is InChI=1S/C18H13ClFN3O2/c1-12(24)23(17-10-11-21-18(19)22-17)14-4-8-16(9-5-14)25-15-6-2-13(20)3-7-15/h2-11H,1H3. The molecule has 2 aromatic carbocycles. The number of benzene rings is 2. The number of carbonyl (C=O) groups excluding carboxylic acids is 1. The van der Waals surface area contributed by atoms with Gasteiger partial charge in [0.25, 0.3) is 0 Å². The lowest BCUT2D eigenvalue weighted by atomic mass is 10.2. The minimum absolute atomic E-state index is 0.0556. The average Bonchev–Trinajstić information content (AvgIpc) is 2.58. The third-order valence-corrected chi connectivity index (χ3v) is 3.48. The van der Waals surface area contributed by atoms with Gasteiger partial charge in [-0.3, -0.25) is 9.69 Å². The Hall–Kier alpha value is -2.99. The molecule has 0 saturated heterocycles. The molecule has 0 unspecified atom stereocenters. The van der Waals surface area contributed by atoms with Gasteiger partial charge in [-0.05, 0) is 66.2 Å². The van der Waals surface area contributed by atoms with Crippen molar-refractivity contribution in [3.8, 4) is 11.5 Å². The van der Waals surface area contributed by atoms with Crippen LogP contribution < -0.4 is 9.64 Å². The summed E-state index contributed by atoms with van der Waals surface area (Å²) in [7, 11) is 0. The molecule has 25 heavy (non-hydrogen) atoms. The first-order chi connectivity index (χ1) is 12.0. The summed E-state index contributed by atoms with van der Waals surface area (Å²) < 4.78 is 18.6.